The number of aryl methyl sites for hydroxylation is 1. The molecule has 3 heterocycles. The third kappa shape index (κ3) is 4.07. The van der Waals surface area contributed by atoms with Gasteiger partial charge in [-0.1, -0.05) is 5.16 Å². The average Bonchev–Trinajstić information content (AvgIpc) is 3.04. The fourth-order valence-corrected chi connectivity index (χ4v) is 2.77. The van der Waals surface area contributed by atoms with Gasteiger partial charge in [-0.25, -0.2) is 9.97 Å². The molecule has 0 aliphatic carbocycles. The molecule has 0 aromatic carbocycles. The van der Waals surface area contributed by atoms with E-state index in [1.807, 2.05) is 33.0 Å². The molecule has 0 radical (unpaired) electrons. The zero-order chi connectivity index (χ0) is 16.9. The van der Waals surface area contributed by atoms with Crippen molar-refractivity contribution in [3.8, 4) is 0 Å². The van der Waals surface area contributed by atoms with E-state index in [1.54, 1.807) is 0 Å². The highest BCUT2D eigenvalue weighted by Gasteiger charge is 2.21. The summed E-state index contributed by atoms with van der Waals surface area (Å²) in [7, 11) is 0. The Morgan fingerprint density at radius 3 is 2.75 bits per heavy atom. The number of piperazine rings is 1. The van der Waals surface area contributed by atoms with E-state index in [0.29, 0.717) is 24.9 Å². The summed E-state index contributed by atoms with van der Waals surface area (Å²) in [5, 5.41) is 4.01. The van der Waals surface area contributed by atoms with Crippen LogP contribution in [0.1, 0.15) is 37.5 Å². The Morgan fingerprint density at radius 1 is 1.25 bits per heavy atom. The van der Waals surface area contributed by atoms with Crippen molar-refractivity contribution in [2.45, 2.75) is 33.4 Å². The highest BCUT2D eigenvalue weighted by molar-refractivity contribution is 5.37. The molecule has 0 N–H and O–H groups in total. The van der Waals surface area contributed by atoms with Gasteiger partial charge in [0.1, 0.15) is 17.7 Å². The van der Waals surface area contributed by atoms with Crippen LogP contribution in [0.15, 0.2) is 16.8 Å². The third-order valence-electron chi connectivity index (χ3n) is 4.08. The number of anilines is 1. The smallest absolute Gasteiger partial charge is 0.240 e. The summed E-state index contributed by atoms with van der Waals surface area (Å²) in [4.78, 5) is 17.7. The van der Waals surface area contributed by atoms with Crippen LogP contribution in [0.3, 0.4) is 0 Å². The molecule has 130 valence electrons. The number of ether oxygens (including phenoxy) is 1. The van der Waals surface area contributed by atoms with Gasteiger partial charge in [0.2, 0.25) is 5.89 Å². The summed E-state index contributed by atoms with van der Waals surface area (Å²) < 4.78 is 10.8. The lowest BCUT2D eigenvalue weighted by Gasteiger charge is -2.34. The molecule has 3 rings (SSSR count). The summed E-state index contributed by atoms with van der Waals surface area (Å²) in [5.41, 5.74) is 0. The first-order valence-corrected chi connectivity index (χ1v) is 8.36. The van der Waals surface area contributed by atoms with Crippen LogP contribution in [0.25, 0.3) is 0 Å². The Labute approximate surface area is 141 Å². The van der Waals surface area contributed by atoms with Crippen LogP contribution in [-0.2, 0) is 11.3 Å². The van der Waals surface area contributed by atoms with Gasteiger partial charge in [0.05, 0.1) is 6.54 Å². The number of hydrogen-bond donors (Lipinski definition) is 0. The lowest BCUT2D eigenvalue weighted by atomic mass is 10.3. The maximum Gasteiger partial charge on any atom is 0.240 e. The third-order valence-corrected chi connectivity index (χ3v) is 4.08. The first-order valence-electron chi connectivity index (χ1n) is 8.36. The average molecular weight is 332 g/mol. The minimum Gasteiger partial charge on any atom is -0.371 e. The van der Waals surface area contributed by atoms with Gasteiger partial charge in [-0.15, -0.1) is 0 Å². The zero-order valence-electron chi connectivity index (χ0n) is 14.5. The van der Waals surface area contributed by atoms with Crippen molar-refractivity contribution < 1.29 is 9.26 Å². The maximum absolute atomic E-state index is 5.49. The van der Waals surface area contributed by atoms with Crippen LogP contribution in [0, 0.1) is 6.92 Å². The lowest BCUT2D eigenvalue weighted by Crippen LogP contribution is -2.46. The van der Waals surface area contributed by atoms with Crippen molar-refractivity contribution in [3.05, 3.63) is 29.8 Å². The Kier molecular flexibility index (Phi) is 5.37. The Hall–Kier alpha value is -2.06. The van der Waals surface area contributed by atoms with Crippen LogP contribution in [0.5, 0.6) is 0 Å². The molecule has 1 aliphatic heterocycles. The molecule has 0 spiro atoms. The van der Waals surface area contributed by atoms with E-state index in [-0.39, 0.29) is 6.10 Å². The monoisotopic (exact) mass is 332 g/mol. The van der Waals surface area contributed by atoms with E-state index in [4.69, 9.17) is 9.26 Å². The fourth-order valence-electron chi connectivity index (χ4n) is 2.77. The van der Waals surface area contributed by atoms with Crippen LogP contribution < -0.4 is 4.90 Å². The quantitative estimate of drug-likeness (QED) is 0.789. The standard InChI is InChI=1S/C16H24N6O2/c1-4-23-12(2)16-19-15(24-20-16)11-21-7-9-22(10-8-21)14-5-6-17-13(3)18-14/h5-6,12H,4,7-11H2,1-3H3. The van der Waals surface area contributed by atoms with Gasteiger partial charge >= 0.3 is 0 Å². The number of aromatic nitrogens is 4. The van der Waals surface area contributed by atoms with E-state index in [9.17, 15) is 0 Å². The molecule has 8 nitrogen and oxygen atoms in total. The minimum atomic E-state index is -0.134. The first-order chi connectivity index (χ1) is 11.7. The van der Waals surface area contributed by atoms with E-state index < -0.39 is 0 Å². The zero-order valence-corrected chi connectivity index (χ0v) is 14.5. The Morgan fingerprint density at radius 2 is 2.04 bits per heavy atom. The molecule has 2 aromatic heterocycles. The summed E-state index contributed by atoms with van der Waals surface area (Å²) >= 11 is 0. The summed E-state index contributed by atoms with van der Waals surface area (Å²) in [6.07, 6.45) is 1.68. The highest BCUT2D eigenvalue weighted by Crippen LogP contribution is 2.16. The second-order valence-electron chi connectivity index (χ2n) is 5.87. The van der Waals surface area contributed by atoms with Crippen molar-refractivity contribution >= 4 is 5.82 Å². The van der Waals surface area contributed by atoms with E-state index >= 15 is 0 Å². The number of hydrogen-bond acceptors (Lipinski definition) is 8. The SMILES string of the molecule is CCOC(C)c1noc(CN2CCN(c3ccnc(C)n3)CC2)n1. The van der Waals surface area contributed by atoms with Gasteiger partial charge in [-0.05, 0) is 26.8 Å². The van der Waals surface area contributed by atoms with Crippen molar-refractivity contribution in [1.29, 1.82) is 0 Å². The first kappa shape index (κ1) is 16.8. The van der Waals surface area contributed by atoms with Crippen LogP contribution in [0.2, 0.25) is 0 Å². The molecular weight excluding hydrogens is 308 g/mol. The van der Waals surface area contributed by atoms with Crippen molar-refractivity contribution in [3.63, 3.8) is 0 Å². The Balaban J connectivity index is 1.52. The molecule has 1 fully saturated rings. The molecule has 1 atom stereocenters. The topological polar surface area (TPSA) is 80.4 Å². The van der Waals surface area contributed by atoms with Crippen molar-refractivity contribution in [2.75, 3.05) is 37.7 Å². The summed E-state index contributed by atoms with van der Waals surface area (Å²) in [5.74, 6) is 3.05. The van der Waals surface area contributed by atoms with E-state index in [0.717, 1.165) is 37.8 Å². The van der Waals surface area contributed by atoms with Gasteiger partial charge in [0, 0.05) is 39.0 Å². The Bertz CT molecular complexity index is 654. The lowest BCUT2D eigenvalue weighted by molar-refractivity contribution is 0.0683. The van der Waals surface area contributed by atoms with Gasteiger partial charge in [0.25, 0.3) is 0 Å². The predicted molar refractivity (Wildman–Crippen MR) is 88.6 cm³/mol. The molecule has 1 aliphatic rings. The van der Waals surface area contributed by atoms with Gasteiger partial charge in [0.15, 0.2) is 5.82 Å². The maximum atomic E-state index is 5.49. The molecule has 1 unspecified atom stereocenters. The van der Waals surface area contributed by atoms with Gasteiger partial charge in [-0.3, -0.25) is 4.90 Å². The molecule has 2 aromatic rings. The van der Waals surface area contributed by atoms with Crippen LogP contribution in [-0.4, -0.2) is 57.8 Å². The fraction of sp³-hybridized carbons (Fsp3) is 0.625. The molecule has 0 saturated carbocycles. The molecular formula is C16H24N6O2. The molecule has 24 heavy (non-hydrogen) atoms. The van der Waals surface area contributed by atoms with Gasteiger partial charge in [-0.2, -0.15) is 4.98 Å². The molecule has 1 saturated heterocycles. The van der Waals surface area contributed by atoms with Crippen LogP contribution >= 0.6 is 0 Å². The van der Waals surface area contributed by atoms with Gasteiger partial charge < -0.3 is 14.2 Å². The summed E-state index contributed by atoms with van der Waals surface area (Å²) in [6, 6.07) is 1.96. The second-order valence-corrected chi connectivity index (χ2v) is 5.87. The molecule has 8 heteroatoms. The highest BCUT2D eigenvalue weighted by atomic mass is 16.5. The minimum absolute atomic E-state index is 0.134. The predicted octanol–water partition coefficient (Wildman–Crippen LogP) is 1.59. The molecule has 0 bridgehead atoms. The number of nitrogens with zero attached hydrogens (tertiary/aromatic N) is 6. The van der Waals surface area contributed by atoms with Crippen molar-refractivity contribution in [1.82, 2.24) is 25.0 Å². The summed E-state index contributed by atoms with van der Waals surface area (Å²) in [6.45, 7) is 10.8. The largest absolute Gasteiger partial charge is 0.371 e. The van der Waals surface area contributed by atoms with Crippen LogP contribution in [0.4, 0.5) is 5.82 Å². The van der Waals surface area contributed by atoms with E-state index in [1.165, 1.54) is 0 Å². The second kappa shape index (κ2) is 7.67. The van der Waals surface area contributed by atoms with E-state index in [2.05, 4.69) is 29.9 Å². The van der Waals surface area contributed by atoms with Crippen molar-refractivity contribution in [2.24, 2.45) is 0 Å². The normalized spacial score (nSPS) is 17.2. The molecule has 0 amide bonds. The number of rotatable bonds is 6.